The summed E-state index contributed by atoms with van der Waals surface area (Å²) < 4.78 is 0. The molecule has 52 valence electrons. The van der Waals surface area contributed by atoms with Crippen molar-refractivity contribution in [2.75, 3.05) is 6.54 Å². The van der Waals surface area contributed by atoms with Crippen LogP contribution in [0, 0.1) is 0 Å². The van der Waals surface area contributed by atoms with Gasteiger partial charge in [0.1, 0.15) is 0 Å². The minimum Gasteiger partial charge on any atom is -0.292 e. The summed E-state index contributed by atoms with van der Waals surface area (Å²) in [5.74, 6) is -0.0699. The summed E-state index contributed by atoms with van der Waals surface area (Å²) in [5, 5.41) is 0. The minimum atomic E-state index is -0.0699. The zero-order chi connectivity index (χ0) is 7.11. The lowest BCUT2D eigenvalue weighted by Crippen LogP contribution is -2.35. The van der Waals surface area contributed by atoms with Crippen LogP contribution in [-0.2, 0) is 4.79 Å². The molecule has 0 aliphatic carbocycles. The molecule has 0 saturated heterocycles. The number of hydrazine groups is 1. The van der Waals surface area contributed by atoms with E-state index in [1.165, 1.54) is 6.92 Å². The summed E-state index contributed by atoms with van der Waals surface area (Å²) >= 11 is 0. The molecular weight excluding hydrogens is 116 g/mol. The number of carbonyl (C=O) groups is 1. The summed E-state index contributed by atoms with van der Waals surface area (Å²) in [5.41, 5.74) is 5.14. The second-order valence-corrected chi connectivity index (χ2v) is 1.63. The van der Waals surface area contributed by atoms with Gasteiger partial charge in [0.25, 0.3) is 0 Å². The molecule has 0 aromatic rings. The highest BCUT2D eigenvalue weighted by Crippen LogP contribution is 1.63. The van der Waals surface area contributed by atoms with Gasteiger partial charge >= 0.3 is 0 Å². The van der Waals surface area contributed by atoms with Crippen LogP contribution in [0.4, 0.5) is 0 Å². The van der Waals surface area contributed by atoms with Gasteiger partial charge in [-0.15, -0.1) is 0 Å². The van der Waals surface area contributed by atoms with Crippen LogP contribution >= 0.6 is 0 Å². The third-order valence-corrected chi connectivity index (χ3v) is 0.720. The average molecular weight is 128 g/mol. The zero-order valence-electron chi connectivity index (χ0n) is 5.77. The molecule has 0 aromatic heterocycles. The molecule has 0 atom stereocenters. The summed E-state index contributed by atoms with van der Waals surface area (Å²) in [6.45, 7) is 4.06. The zero-order valence-corrected chi connectivity index (χ0v) is 5.77. The fourth-order valence-corrected chi connectivity index (χ4v) is 0.352. The predicted molar refractivity (Wildman–Crippen MR) is 36.6 cm³/mol. The fourth-order valence-electron chi connectivity index (χ4n) is 0.352. The Morgan fingerprint density at radius 3 is 2.78 bits per heavy atom. The number of hydrogen-bond donors (Lipinski definition) is 2. The normalized spacial score (nSPS) is 10.0. The molecule has 0 aliphatic heterocycles. The van der Waals surface area contributed by atoms with Gasteiger partial charge in [0.05, 0.1) is 0 Å². The molecule has 2 N–H and O–H groups in total. The Morgan fingerprint density at radius 1 is 1.67 bits per heavy atom. The second-order valence-electron chi connectivity index (χ2n) is 1.63. The number of hydrogen-bond acceptors (Lipinski definition) is 2. The number of amides is 1. The van der Waals surface area contributed by atoms with Crippen molar-refractivity contribution in [3.63, 3.8) is 0 Å². The van der Waals surface area contributed by atoms with E-state index in [-0.39, 0.29) is 5.91 Å². The molecule has 0 spiro atoms. The molecule has 0 heterocycles. The second kappa shape index (κ2) is 5.31. The maximum Gasteiger partial charge on any atom is 0.230 e. The molecule has 0 saturated carbocycles. The molecule has 3 nitrogen and oxygen atoms in total. The van der Waals surface area contributed by atoms with Crippen molar-refractivity contribution in [3.8, 4) is 0 Å². The Morgan fingerprint density at radius 2 is 2.33 bits per heavy atom. The van der Waals surface area contributed by atoms with Crippen molar-refractivity contribution in [1.82, 2.24) is 10.9 Å². The largest absolute Gasteiger partial charge is 0.292 e. The highest BCUT2D eigenvalue weighted by atomic mass is 16.2. The van der Waals surface area contributed by atoms with Crippen molar-refractivity contribution in [1.29, 1.82) is 0 Å². The number of carbonyl (C=O) groups excluding carboxylic acids is 1. The van der Waals surface area contributed by atoms with Crippen LogP contribution in [0.15, 0.2) is 12.2 Å². The first-order valence-corrected chi connectivity index (χ1v) is 2.88. The Balaban J connectivity index is 3.01. The summed E-state index contributed by atoms with van der Waals surface area (Å²) in [6.07, 6.45) is 3.82. The first-order valence-electron chi connectivity index (χ1n) is 2.88. The van der Waals surface area contributed by atoms with Gasteiger partial charge in [-0.3, -0.25) is 10.2 Å². The number of rotatable bonds is 3. The molecular formula is C6H12N2O. The quantitative estimate of drug-likeness (QED) is 0.324. The van der Waals surface area contributed by atoms with Crippen LogP contribution in [0.5, 0.6) is 0 Å². The van der Waals surface area contributed by atoms with Gasteiger partial charge < -0.3 is 0 Å². The van der Waals surface area contributed by atoms with Crippen molar-refractivity contribution < 1.29 is 4.79 Å². The van der Waals surface area contributed by atoms with Gasteiger partial charge in [-0.05, 0) is 6.92 Å². The van der Waals surface area contributed by atoms with Crippen LogP contribution in [0.25, 0.3) is 0 Å². The van der Waals surface area contributed by atoms with Crippen LogP contribution in [-0.4, -0.2) is 12.5 Å². The lowest BCUT2D eigenvalue weighted by Gasteiger charge is -1.98. The van der Waals surface area contributed by atoms with E-state index in [0.717, 1.165) is 0 Å². The Bertz CT molecular complexity index is 110. The summed E-state index contributed by atoms with van der Waals surface area (Å²) in [6, 6.07) is 0. The van der Waals surface area contributed by atoms with Gasteiger partial charge in [-0.1, -0.05) is 12.2 Å². The van der Waals surface area contributed by atoms with E-state index in [1.807, 2.05) is 19.1 Å². The van der Waals surface area contributed by atoms with Gasteiger partial charge in [-0.2, -0.15) is 0 Å². The lowest BCUT2D eigenvalue weighted by molar-refractivity contribution is -0.119. The van der Waals surface area contributed by atoms with E-state index in [4.69, 9.17) is 0 Å². The van der Waals surface area contributed by atoms with E-state index >= 15 is 0 Å². The van der Waals surface area contributed by atoms with Crippen molar-refractivity contribution in [3.05, 3.63) is 12.2 Å². The van der Waals surface area contributed by atoms with Gasteiger partial charge in [0.15, 0.2) is 0 Å². The van der Waals surface area contributed by atoms with Crippen molar-refractivity contribution >= 4 is 5.91 Å². The standard InChI is InChI=1S/C6H12N2O/c1-3-4-5-7-8-6(2)9/h3-4,7H,5H2,1-2H3,(H,8,9)/b4-3+. The predicted octanol–water partition coefficient (Wildman–Crippen LogP) is 0.203. The molecule has 0 aliphatic rings. The molecule has 9 heavy (non-hydrogen) atoms. The monoisotopic (exact) mass is 128 g/mol. The average Bonchev–Trinajstić information content (AvgIpc) is 1.80. The third kappa shape index (κ3) is 7.17. The molecule has 1 amide bonds. The van der Waals surface area contributed by atoms with Gasteiger partial charge in [-0.25, -0.2) is 5.43 Å². The maximum atomic E-state index is 10.2. The summed E-state index contributed by atoms with van der Waals surface area (Å²) in [4.78, 5) is 10.2. The first-order chi connectivity index (χ1) is 4.27. The third-order valence-electron chi connectivity index (χ3n) is 0.720. The highest BCUT2D eigenvalue weighted by molar-refractivity contribution is 5.72. The molecule has 0 bridgehead atoms. The SMILES string of the molecule is C/C=C/CNNC(C)=O. The Hall–Kier alpha value is -0.830. The Labute approximate surface area is 55.1 Å². The molecule has 0 rings (SSSR count). The van der Waals surface area contributed by atoms with Crippen molar-refractivity contribution in [2.45, 2.75) is 13.8 Å². The van der Waals surface area contributed by atoms with Crippen molar-refractivity contribution in [2.24, 2.45) is 0 Å². The topological polar surface area (TPSA) is 41.1 Å². The van der Waals surface area contributed by atoms with Crippen LogP contribution in [0.2, 0.25) is 0 Å². The van der Waals surface area contributed by atoms with E-state index in [0.29, 0.717) is 6.54 Å². The van der Waals surface area contributed by atoms with E-state index in [1.54, 1.807) is 0 Å². The summed E-state index contributed by atoms with van der Waals surface area (Å²) in [7, 11) is 0. The van der Waals surface area contributed by atoms with Gasteiger partial charge in [0.2, 0.25) is 5.91 Å². The molecule has 3 heteroatoms. The highest BCUT2D eigenvalue weighted by Gasteiger charge is 1.82. The first kappa shape index (κ1) is 8.17. The smallest absolute Gasteiger partial charge is 0.230 e. The van der Waals surface area contributed by atoms with Crippen LogP contribution in [0.3, 0.4) is 0 Å². The molecule has 0 radical (unpaired) electrons. The van der Waals surface area contributed by atoms with E-state index < -0.39 is 0 Å². The number of allylic oxidation sites excluding steroid dienone is 1. The minimum absolute atomic E-state index is 0.0699. The molecule has 0 aromatic carbocycles. The Kier molecular flexibility index (Phi) is 4.82. The van der Waals surface area contributed by atoms with E-state index in [2.05, 4.69) is 10.9 Å². The molecule has 0 fully saturated rings. The maximum absolute atomic E-state index is 10.2. The fraction of sp³-hybridized carbons (Fsp3) is 0.500. The molecule has 0 unspecified atom stereocenters. The lowest BCUT2D eigenvalue weighted by atomic mass is 10.5. The van der Waals surface area contributed by atoms with Gasteiger partial charge in [0, 0.05) is 13.5 Å². The van der Waals surface area contributed by atoms with E-state index in [9.17, 15) is 4.79 Å². The van der Waals surface area contributed by atoms with Crippen LogP contribution in [0.1, 0.15) is 13.8 Å². The van der Waals surface area contributed by atoms with Crippen LogP contribution < -0.4 is 10.9 Å². The number of nitrogens with one attached hydrogen (secondary N) is 2.